The largest absolute Gasteiger partial charge is 0.416 e. The van der Waals surface area contributed by atoms with Gasteiger partial charge in [0.25, 0.3) is 10.0 Å². The number of halogens is 3. The van der Waals surface area contributed by atoms with Crippen LogP contribution in [0.4, 0.5) is 13.2 Å². The van der Waals surface area contributed by atoms with E-state index in [1.807, 2.05) is 4.83 Å². The lowest BCUT2D eigenvalue weighted by Gasteiger charge is -2.06. The van der Waals surface area contributed by atoms with E-state index in [9.17, 15) is 21.6 Å². The lowest BCUT2D eigenvalue weighted by atomic mass is 10.1. The zero-order valence-electron chi connectivity index (χ0n) is 11.1. The van der Waals surface area contributed by atoms with Crippen molar-refractivity contribution in [2.45, 2.75) is 11.1 Å². The van der Waals surface area contributed by atoms with Crippen molar-refractivity contribution in [1.29, 1.82) is 0 Å². The van der Waals surface area contributed by atoms with Crippen molar-refractivity contribution in [3.63, 3.8) is 0 Å². The molecule has 0 aliphatic heterocycles. The van der Waals surface area contributed by atoms with Gasteiger partial charge in [-0.2, -0.15) is 26.7 Å². The molecular formula is C14H11F3N2O2S. The smallest absolute Gasteiger partial charge is 0.200 e. The summed E-state index contributed by atoms with van der Waals surface area (Å²) in [6.45, 7) is 0. The predicted octanol–water partition coefficient (Wildman–Crippen LogP) is 3.02. The number of hydrogen-bond donors (Lipinski definition) is 1. The first-order valence-electron chi connectivity index (χ1n) is 6.06. The second kappa shape index (κ2) is 6.18. The van der Waals surface area contributed by atoms with Crippen molar-refractivity contribution in [3.8, 4) is 0 Å². The lowest BCUT2D eigenvalue weighted by Crippen LogP contribution is -2.18. The van der Waals surface area contributed by atoms with Gasteiger partial charge in [-0.1, -0.05) is 30.3 Å². The normalized spacial score (nSPS) is 12.5. The molecule has 0 spiro atoms. The van der Waals surface area contributed by atoms with E-state index in [0.717, 1.165) is 18.3 Å². The van der Waals surface area contributed by atoms with E-state index in [4.69, 9.17) is 0 Å². The van der Waals surface area contributed by atoms with Gasteiger partial charge < -0.3 is 0 Å². The lowest BCUT2D eigenvalue weighted by molar-refractivity contribution is -0.137. The van der Waals surface area contributed by atoms with Crippen LogP contribution in [-0.2, 0) is 16.2 Å². The Bertz CT molecular complexity index is 755. The molecule has 4 nitrogen and oxygen atoms in total. The van der Waals surface area contributed by atoms with Crippen LogP contribution in [0.15, 0.2) is 64.6 Å². The molecular weight excluding hydrogens is 317 g/mol. The topological polar surface area (TPSA) is 58.5 Å². The maximum absolute atomic E-state index is 12.4. The first kappa shape index (κ1) is 16.0. The predicted molar refractivity (Wildman–Crippen MR) is 75.8 cm³/mol. The Kier molecular flexibility index (Phi) is 4.51. The number of hydrazone groups is 1. The van der Waals surface area contributed by atoms with Gasteiger partial charge >= 0.3 is 6.18 Å². The Hall–Kier alpha value is -2.35. The van der Waals surface area contributed by atoms with E-state index in [1.54, 1.807) is 18.2 Å². The summed E-state index contributed by atoms with van der Waals surface area (Å²) in [5, 5.41) is 3.54. The number of benzene rings is 2. The second-order valence-corrected chi connectivity index (χ2v) is 5.95. The summed E-state index contributed by atoms with van der Waals surface area (Å²) in [5.41, 5.74) is -0.446. The Morgan fingerprint density at radius 2 is 1.55 bits per heavy atom. The van der Waals surface area contributed by atoms with Gasteiger partial charge in [-0.25, -0.2) is 4.83 Å². The Morgan fingerprint density at radius 1 is 0.955 bits per heavy atom. The van der Waals surface area contributed by atoms with Crippen LogP contribution >= 0.6 is 0 Å². The third-order valence-corrected chi connectivity index (χ3v) is 3.92. The van der Waals surface area contributed by atoms with Gasteiger partial charge in [-0.05, 0) is 29.8 Å². The first-order valence-corrected chi connectivity index (χ1v) is 7.54. The van der Waals surface area contributed by atoms with Crippen molar-refractivity contribution in [2.75, 3.05) is 0 Å². The van der Waals surface area contributed by atoms with Crippen molar-refractivity contribution >= 4 is 16.2 Å². The van der Waals surface area contributed by atoms with Gasteiger partial charge in [-0.15, -0.1) is 0 Å². The standard InChI is InChI=1S/C14H11F3N2O2S/c15-14(16,17)12-8-6-11(7-9-12)10-18-19-22(20,21)13-4-2-1-3-5-13/h1-10,19H. The van der Waals surface area contributed by atoms with Crippen molar-refractivity contribution < 1.29 is 21.6 Å². The number of nitrogens with one attached hydrogen (secondary N) is 1. The summed E-state index contributed by atoms with van der Waals surface area (Å²) in [7, 11) is -3.79. The third-order valence-electron chi connectivity index (χ3n) is 2.68. The average Bonchev–Trinajstić information content (AvgIpc) is 2.48. The van der Waals surface area contributed by atoms with E-state index in [2.05, 4.69) is 5.10 Å². The van der Waals surface area contributed by atoms with Crippen LogP contribution in [0.25, 0.3) is 0 Å². The van der Waals surface area contributed by atoms with E-state index in [-0.39, 0.29) is 4.90 Å². The van der Waals surface area contributed by atoms with Gasteiger partial charge in [-0.3, -0.25) is 0 Å². The fourth-order valence-electron chi connectivity index (χ4n) is 1.58. The van der Waals surface area contributed by atoms with Crippen molar-refractivity contribution in [2.24, 2.45) is 5.10 Å². The Balaban J connectivity index is 2.07. The van der Waals surface area contributed by atoms with Gasteiger partial charge in [0.15, 0.2) is 0 Å². The molecule has 0 saturated carbocycles. The number of nitrogens with zero attached hydrogens (tertiary/aromatic N) is 1. The molecule has 2 aromatic rings. The maximum Gasteiger partial charge on any atom is 0.416 e. The van der Waals surface area contributed by atoms with Crippen LogP contribution in [0.3, 0.4) is 0 Å². The van der Waals surface area contributed by atoms with Crippen LogP contribution in [0, 0.1) is 0 Å². The molecule has 1 N–H and O–H groups in total. The van der Waals surface area contributed by atoms with E-state index in [1.165, 1.54) is 24.3 Å². The minimum Gasteiger partial charge on any atom is -0.200 e. The molecule has 0 amide bonds. The number of rotatable bonds is 4. The molecule has 8 heteroatoms. The summed E-state index contributed by atoms with van der Waals surface area (Å²) in [5.74, 6) is 0. The highest BCUT2D eigenvalue weighted by atomic mass is 32.2. The summed E-state index contributed by atoms with van der Waals surface area (Å²) >= 11 is 0. The second-order valence-electron chi connectivity index (χ2n) is 4.29. The molecule has 0 unspecified atom stereocenters. The number of hydrogen-bond acceptors (Lipinski definition) is 3. The molecule has 0 saturated heterocycles. The molecule has 0 radical (unpaired) electrons. The van der Waals surface area contributed by atoms with Crippen molar-refractivity contribution in [3.05, 3.63) is 65.7 Å². The van der Waals surface area contributed by atoms with Crippen LogP contribution in [0.5, 0.6) is 0 Å². The molecule has 2 aromatic carbocycles. The van der Waals surface area contributed by atoms with Gasteiger partial charge in [0.2, 0.25) is 0 Å². The summed E-state index contributed by atoms with van der Waals surface area (Å²) < 4.78 is 60.8. The van der Waals surface area contributed by atoms with Crippen LogP contribution in [0.2, 0.25) is 0 Å². The minimum absolute atomic E-state index is 0.0413. The van der Waals surface area contributed by atoms with Gasteiger partial charge in [0.1, 0.15) is 0 Å². The molecule has 0 heterocycles. The summed E-state index contributed by atoms with van der Waals surface area (Å²) in [4.78, 5) is 2.03. The Morgan fingerprint density at radius 3 is 2.09 bits per heavy atom. The summed E-state index contributed by atoms with van der Waals surface area (Å²) in [6, 6.07) is 11.8. The highest BCUT2D eigenvalue weighted by Gasteiger charge is 2.29. The molecule has 0 bridgehead atoms. The maximum atomic E-state index is 12.4. The van der Waals surface area contributed by atoms with Crippen molar-refractivity contribution in [1.82, 2.24) is 4.83 Å². The zero-order chi connectivity index (χ0) is 16.2. The minimum atomic E-state index is -4.41. The number of sulfonamides is 1. The molecule has 116 valence electrons. The average molecular weight is 328 g/mol. The molecule has 2 rings (SSSR count). The van der Waals surface area contributed by atoms with E-state index < -0.39 is 21.8 Å². The fraction of sp³-hybridized carbons (Fsp3) is 0.0714. The third kappa shape index (κ3) is 4.08. The monoisotopic (exact) mass is 328 g/mol. The van der Waals surface area contributed by atoms with Crippen LogP contribution in [-0.4, -0.2) is 14.6 Å². The highest BCUT2D eigenvalue weighted by molar-refractivity contribution is 7.89. The van der Waals surface area contributed by atoms with E-state index >= 15 is 0 Å². The molecule has 0 atom stereocenters. The fourth-order valence-corrected chi connectivity index (χ4v) is 2.39. The SMILES string of the molecule is O=S(=O)(NN=Cc1ccc(C(F)(F)F)cc1)c1ccccc1. The van der Waals surface area contributed by atoms with Crippen LogP contribution < -0.4 is 4.83 Å². The van der Waals surface area contributed by atoms with Gasteiger partial charge in [0, 0.05) is 0 Å². The quantitative estimate of drug-likeness (QED) is 0.693. The molecule has 0 fully saturated rings. The van der Waals surface area contributed by atoms with Crippen LogP contribution in [0.1, 0.15) is 11.1 Å². The molecule has 22 heavy (non-hydrogen) atoms. The van der Waals surface area contributed by atoms with Gasteiger partial charge in [0.05, 0.1) is 16.7 Å². The Labute approximate surface area is 125 Å². The number of alkyl halides is 3. The highest BCUT2D eigenvalue weighted by Crippen LogP contribution is 2.28. The van der Waals surface area contributed by atoms with E-state index in [0.29, 0.717) is 5.56 Å². The molecule has 0 aliphatic rings. The molecule has 0 aromatic heterocycles. The zero-order valence-corrected chi connectivity index (χ0v) is 11.9. The first-order chi connectivity index (χ1) is 10.3. The molecule has 0 aliphatic carbocycles. The summed E-state index contributed by atoms with van der Waals surface area (Å²) in [6.07, 6.45) is -3.29.